The lowest BCUT2D eigenvalue weighted by Gasteiger charge is -2.09. The van der Waals surface area contributed by atoms with Crippen LogP contribution in [0.5, 0.6) is 5.75 Å². The predicted octanol–water partition coefficient (Wildman–Crippen LogP) is 1.67. The van der Waals surface area contributed by atoms with Crippen LogP contribution in [0.4, 0.5) is 5.69 Å². The third-order valence-electron chi connectivity index (χ3n) is 2.36. The standard InChI is InChI=1S/C12H13N3O4S2/c13-11(14-16)8-19-10-4-1-3-9(7-10)15-21(17,18)12-5-2-6-20-12/h1-7,15-16H,8H2,(H2,13,14). The molecule has 0 radical (unpaired) electrons. The minimum atomic E-state index is -3.60. The van der Waals surface area contributed by atoms with Gasteiger partial charge >= 0.3 is 0 Å². The van der Waals surface area contributed by atoms with Gasteiger partial charge in [0.05, 0.1) is 5.69 Å². The number of nitrogens with two attached hydrogens (primary N) is 1. The lowest BCUT2D eigenvalue weighted by Crippen LogP contribution is -2.20. The summed E-state index contributed by atoms with van der Waals surface area (Å²) in [6, 6.07) is 9.56. The van der Waals surface area contributed by atoms with Crippen LogP contribution in [0.2, 0.25) is 0 Å². The van der Waals surface area contributed by atoms with E-state index in [0.717, 1.165) is 11.3 Å². The molecule has 0 saturated heterocycles. The number of rotatable bonds is 6. The summed E-state index contributed by atoms with van der Waals surface area (Å²) in [6.45, 7) is -0.0996. The molecule has 1 aromatic carbocycles. The van der Waals surface area contributed by atoms with Crippen LogP contribution in [-0.2, 0) is 10.0 Å². The Bertz CT molecular complexity index is 727. The second kappa shape index (κ2) is 6.46. The van der Waals surface area contributed by atoms with Crippen molar-refractivity contribution < 1.29 is 18.4 Å². The molecule has 21 heavy (non-hydrogen) atoms. The van der Waals surface area contributed by atoms with Gasteiger partial charge < -0.3 is 15.7 Å². The van der Waals surface area contributed by atoms with Crippen molar-refractivity contribution in [3.05, 3.63) is 41.8 Å². The smallest absolute Gasteiger partial charge is 0.271 e. The fraction of sp³-hybridized carbons (Fsp3) is 0.0833. The van der Waals surface area contributed by atoms with Crippen LogP contribution in [0, 0.1) is 0 Å². The van der Waals surface area contributed by atoms with E-state index >= 15 is 0 Å². The third-order valence-corrected chi connectivity index (χ3v) is 5.14. The van der Waals surface area contributed by atoms with E-state index in [4.69, 9.17) is 15.7 Å². The van der Waals surface area contributed by atoms with E-state index in [-0.39, 0.29) is 16.7 Å². The molecule has 0 unspecified atom stereocenters. The summed E-state index contributed by atoms with van der Waals surface area (Å²) in [7, 11) is -3.60. The quantitative estimate of drug-likeness (QED) is 0.323. The zero-order valence-corrected chi connectivity index (χ0v) is 12.4. The highest BCUT2D eigenvalue weighted by Gasteiger charge is 2.15. The second-order valence-electron chi connectivity index (χ2n) is 3.95. The van der Waals surface area contributed by atoms with E-state index in [1.54, 1.807) is 29.6 Å². The Hall–Kier alpha value is -2.26. The van der Waals surface area contributed by atoms with Gasteiger partial charge in [-0.25, -0.2) is 8.42 Å². The van der Waals surface area contributed by atoms with Gasteiger partial charge in [-0.2, -0.15) is 0 Å². The SMILES string of the molecule is N/C(COc1cccc(NS(=O)(=O)c2cccs2)c1)=N\O. The number of anilines is 1. The number of thiophene rings is 1. The number of hydrogen-bond donors (Lipinski definition) is 3. The van der Waals surface area contributed by atoms with Crippen LogP contribution < -0.4 is 15.2 Å². The lowest BCUT2D eigenvalue weighted by molar-refractivity contribution is 0.306. The van der Waals surface area contributed by atoms with E-state index in [1.165, 1.54) is 12.1 Å². The molecule has 0 saturated carbocycles. The number of sulfonamides is 1. The van der Waals surface area contributed by atoms with Gasteiger partial charge in [0, 0.05) is 6.07 Å². The lowest BCUT2D eigenvalue weighted by atomic mass is 10.3. The van der Waals surface area contributed by atoms with E-state index in [9.17, 15) is 8.42 Å². The first-order valence-electron chi connectivity index (χ1n) is 5.77. The highest BCUT2D eigenvalue weighted by molar-refractivity contribution is 7.94. The average molecular weight is 327 g/mol. The fourth-order valence-electron chi connectivity index (χ4n) is 1.46. The number of nitrogens with one attached hydrogen (secondary N) is 1. The van der Waals surface area contributed by atoms with Gasteiger partial charge in [0.15, 0.2) is 5.84 Å². The Morgan fingerprint density at radius 2 is 2.19 bits per heavy atom. The maximum absolute atomic E-state index is 12.1. The molecule has 0 aliphatic carbocycles. The van der Waals surface area contributed by atoms with Crippen molar-refractivity contribution in [1.29, 1.82) is 0 Å². The second-order valence-corrected chi connectivity index (χ2v) is 6.80. The van der Waals surface area contributed by atoms with Gasteiger partial charge in [-0.05, 0) is 23.6 Å². The van der Waals surface area contributed by atoms with Crippen molar-refractivity contribution in [2.75, 3.05) is 11.3 Å². The Balaban J connectivity index is 2.11. The average Bonchev–Trinajstić information content (AvgIpc) is 2.99. The maximum atomic E-state index is 12.1. The van der Waals surface area contributed by atoms with Gasteiger partial charge in [-0.15, -0.1) is 11.3 Å². The molecule has 2 rings (SSSR count). The van der Waals surface area contributed by atoms with E-state index < -0.39 is 10.0 Å². The van der Waals surface area contributed by atoms with Gasteiger partial charge in [0.1, 0.15) is 16.6 Å². The van der Waals surface area contributed by atoms with Crippen LogP contribution in [-0.4, -0.2) is 26.1 Å². The molecule has 0 bridgehead atoms. The Morgan fingerprint density at radius 3 is 2.86 bits per heavy atom. The number of benzene rings is 1. The highest BCUT2D eigenvalue weighted by atomic mass is 32.2. The first-order valence-corrected chi connectivity index (χ1v) is 8.13. The summed E-state index contributed by atoms with van der Waals surface area (Å²) in [4.78, 5) is 0. The minimum absolute atomic E-state index is 0.0837. The molecule has 1 heterocycles. The first-order chi connectivity index (χ1) is 10.0. The van der Waals surface area contributed by atoms with Crippen LogP contribution in [0.1, 0.15) is 0 Å². The molecule has 0 spiro atoms. The highest BCUT2D eigenvalue weighted by Crippen LogP contribution is 2.23. The van der Waals surface area contributed by atoms with Crippen LogP contribution in [0.25, 0.3) is 0 Å². The van der Waals surface area contributed by atoms with Crippen LogP contribution in [0.15, 0.2) is 51.1 Å². The normalized spacial score (nSPS) is 12.1. The van der Waals surface area contributed by atoms with Gasteiger partial charge in [0.25, 0.3) is 10.0 Å². The van der Waals surface area contributed by atoms with Gasteiger partial charge in [0.2, 0.25) is 0 Å². The minimum Gasteiger partial charge on any atom is -0.485 e. The molecule has 0 fully saturated rings. The molecule has 7 nitrogen and oxygen atoms in total. The summed E-state index contributed by atoms with van der Waals surface area (Å²) in [6.07, 6.45) is 0. The Labute approximate surface area is 125 Å². The summed E-state index contributed by atoms with van der Waals surface area (Å²) >= 11 is 1.13. The van der Waals surface area contributed by atoms with Gasteiger partial charge in [-0.1, -0.05) is 17.3 Å². The van der Waals surface area contributed by atoms with E-state index in [2.05, 4.69) is 9.88 Å². The Morgan fingerprint density at radius 1 is 1.38 bits per heavy atom. The van der Waals surface area contributed by atoms with Crippen LogP contribution >= 0.6 is 11.3 Å². The first kappa shape index (κ1) is 15.1. The molecular weight excluding hydrogens is 314 g/mol. The van der Waals surface area contributed by atoms with Gasteiger partial charge in [-0.3, -0.25) is 4.72 Å². The number of nitrogens with zero attached hydrogens (tertiary/aromatic N) is 1. The fourth-order valence-corrected chi connectivity index (χ4v) is 3.50. The molecule has 2 aromatic rings. The topological polar surface area (TPSA) is 114 Å². The largest absolute Gasteiger partial charge is 0.485 e. The third kappa shape index (κ3) is 4.10. The number of amidine groups is 1. The molecule has 112 valence electrons. The van der Waals surface area contributed by atoms with Crippen molar-refractivity contribution >= 4 is 32.9 Å². The molecule has 0 amide bonds. The van der Waals surface area contributed by atoms with Crippen LogP contribution in [0.3, 0.4) is 0 Å². The molecule has 1 aromatic heterocycles. The van der Waals surface area contributed by atoms with Crippen molar-refractivity contribution in [2.24, 2.45) is 10.9 Å². The predicted molar refractivity (Wildman–Crippen MR) is 80.5 cm³/mol. The summed E-state index contributed by atoms with van der Waals surface area (Å²) < 4.78 is 32.1. The summed E-state index contributed by atoms with van der Waals surface area (Å²) in [5, 5.41) is 12.9. The van der Waals surface area contributed by atoms with Crippen molar-refractivity contribution in [1.82, 2.24) is 0 Å². The van der Waals surface area contributed by atoms with E-state index in [0.29, 0.717) is 11.4 Å². The van der Waals surface area contributed by atoms with Crippen molar-refractivity contribution in [3.8, 4) is 5.75 Å². The molecule has 0 aliphatic heterocycles. The summed E-state index contributed by atoms with van der Waals surface area (Å²) in [5.41, 5.74) is 5.65. The monoisotopic (exact) mass is 327 g/mol. The number of oxime groups is 1. The molecular formula is C12H13N3O4S2. The van der Waals surface area contributed by atoms with E-state index in [1.807, 2.05) is 0 Å². The maximum Gasteiger partial charge on any atom is 0.271 e. The number of ether oxygens (including phenoxy) is 1. The molecule has 4 N–H and O–H groups in total. The molecule has 9 heteroatoms. The van der Waals surface area contributed by atoms with Crippen molar-refractivity contribution in [2.45, 2.75) is 4.21 Å². The Kier molecular flexibility index (Phi) is 4.66. The number of hydrogen-bond acceptors (Lipinski definition) is 6. The van der Waals surface area contributed by atoms with Crippen molar-refractivity contribution in [3.63, 3.8) is 0 Å². The molecule has 0 atom stereocenters. The zero-order valence-electron chi connectivity index (χ0n) is 10.8. The molecule has 0 aliphatic rings. The summed E-state index contributed by atoms with van der Waals surface area (Å²) in [5.74, 6) is 0.313. The zero-order chi connectivity index (χ0) is 15.3.